The topological polar surface area (TPSA) is 59.6 Å². The van der Waals surface area contributed by atoms with Gasteiger partial charge in [0.05, 0.1) is 19.2 Å². The number of hydrogen-bond acceptors (Lipinski definition) is 2. The van der Waals surface area contributed by atoms with Gasteiger partial charge < -0.3 is 15.8 Å². The molecule has 0 amide bonds. The lowest BCUT2D eigenvalue weighted by Crippen LogP contribution is -2.33. The molecule has 2 rings (SSSR count). The lowest BCUT2D eigenvalue weighted by molar-refractivity contribution is -0.137. The second kappa shape index (κ2) is 8.41. The van der Waals surface area contributed by atoms with Crippen molar-refractivity contribution in [3.05, 3.63) is 65.2 Å². The summed E-state index contributed by atoms with van der Waals surface area (Å²) < 4.78 is 43.1. The molecule has 4 nitrogen and oxygen atoms in total. The summed E-state index contributed by atoms with van der Waals surface area (Å²) in [6.45, 7) is 0.662. The fourth-order valence-corrected chi connectivity index (χ4v) is 2.21. The number of guanidine groups is 1. The number of alkyl halides is 3. The average molecular weight is 351 g/mol. The van der Waals surface area contributed by atoms with Crippen LogP contribution in [0.4, 0.5) is 13.2 Å². The molecule has 25 heavy (non-hydrogen) atoms. The number of nitrogens with two attached hydrogens (primary N) is 1. The smallest absolute Gasteiger partial charge is 0.416 e. The maximum atomic E-state index is 12.7. The van der Waals surface area contributed by atoms with Crippen molar-refractivity contribution in [3.63, 3.8) is 0 Å². The third-order valence-electron chi connectivity index (χ3n) is 3.57. The Balaban J connectivity index is 1.83. The predicted octanol–water partition coefficient (Wildman–Crippen LogP) is 3.36. The van der Waals surface area contributed by atoms with E-state index < -0.39 is 11.7 Å². The van der Waals surface area contributed by atoms with Crippen LogP contribution < -0.4 is 15.8 Å². The number of methoxy groups -OCH3 is 1. The molecule has 2 aromatic carbocycles. The molecule has 0 fully saturated rings. The molecule has 0 spiro atoms. The Morgan fingerprint density at radius 2 is 1.84 bits per heavy atom. The molecule has 0 heterocycles. The quantitative estimate of drug-likeness (QED) is 0.620. The molecule has 0 atom stereocenters. The molecule has 0 radical (unpaired) electrons. The van der Waals surface area contributed by atoms with Gasteiger partial charge in [0.2, 0.25) is 0 Å². The number of halogens is 3. The van der Waals surface area contributed by atoms with E-state index in [2.05, 4.69) is 10.3 Å². The third kappa shape index (κ3) is 6.02. The van der Waals surface area contributed by atoms with Crippen LogP contribution in [0, 0.1) is 0 Å². The molecule has 134 valence electrons. The van der Waals surface area contributed by atoms with Gasteiger partial charge in [-0.25, -0.2) is 4.99 Å². The van der Waals surface area contributed by atoms with Crippen molar-refractivity contribution in [1.29, 1.82) is 0 Å². The van der Waals surface area contributed by atoms with E-state index in [1.165, 1.54) is 6.07 Å². The Hall–Kier alpha value is -2.70. The highest BCUT2D eigenvalue weighted by molar-refractivity contribution is 5.77. The monoisotopic (exact) mass is 351 g/mol. The summed E-state index contributed by atoms with van der Waals surface area (Å²) in [5, 5.41) is 2.95. The van der Waals surface area contributed by atoms with Crippen LogP contribution >= 0.6 is 0 Å². The zero-order valence-electron chi connectivity index (χ0n) is 13.8. The second-order valence-electron chi connectivity index (χ2n) is 5.42. The van der Waals surface area contributed by atoms with E-state index in [1.807, 2.05) is 24.3 Å². The summed E-state index contributed by atoms with van der Waals surface area (Å²) in [6, 6.07) is 12.7. The Kier molecular flexibility index (Phi) is 6.27. The molecular formula is C18H20F3N3O. The van der Waals surface area contributed by atoms with Gasteiger partial charge in [-0.2, -0.15) is 13.2 Å². The highest BCUT2D eigenvalue weighted by atomic mass is 19.4. The molecule has 7 heteroatoms. The van der Waals surface area contributed by atoms with Crippen LogP contribution in [0.5, 0.6) is 5.75 Å². The van der Waals surface area contributed by atoms with E-state index in [9.17, 15) is 13.2 Å². The van der Waals surface area contributed by atoms with E-state index >= 15 is 0 Å². The zero-order valence-corrected chi connectivity index (χ0v) is 13.8. The number of benzene rings is 2. The van der Waals surface area contributed by atoms with Gasteiger partial charge in [0, 0.05) is 6.54 Å². The van der Waals surface area contributed by atoms with Crippen LogP contribution in [-0.2, 0) is 19.1 Å². The van der Waals surface area contributed by atoms with Gasteiger partial charge in [-0.3, -0.25) is 0 Å². The van der Waals surface area contributed by atoms with Gasteiger partial charge in [-0.1, -0.05) is 24.3 Å². The van der Waals surface area contributed by atoms with Crippen molar-refractivity contribution in [1.82, 2.24) is 5.32 Å². The van der Waals surface area contributed by atoms with E-state index in [0.29, 0.717) is 12.1 Å². The Morgan fingerprint density at radius 1 is 1.12 bits per heavy atom. The highest BCUT2D eigenvalue weighted by Crippen LogP contribution is 2.29. The largest absolute Gasteiger partial charge is 0.497 e. The molecule has 2 aromatic rings. The number of nitrogens with zero attached hydrogens (tertiary/aromatic N) is 1. The van der Waals surface area contributed by atoms with Crippen molar-refractivity contribution in [3.8, 4) is 5.75 Å². The Morgan fingerprint density at radius 3 is 2.48 bits per heavy atom. The Bertz CT molecular complexity index is 712. The molecule has 0 saturated carbocycles. The van der Waals surface area contributed by atoms with Crippen LogP contribution in [0.1, 0.15) is 16.7 Å². The van der Waals surface area contributed by atoms with Gasteiger partial charge in [0.1, 0.15) is 5.75 Å². The minimum atomic E-state index is -4.36. The maximum Gasteiger partial charge on any atom is 0.416 e. The fraction of sp³-hybridized carbons (Fsp3) is 0.278. The lowest BCUT2D eigenvalue weighted by atomic mass is 10.1. The number of aliphatic imine (C=N–C) groups is 1. The molecule has 0 aliphatic rings. The fourth-order valence-electron chi connectivity index (χ4n) is 2.21. The molecule has 0 aromatic heterocycles. The first-order chi connectivity index (χ1) is 11.9. The zero-order chi connectivity index (χ0) is 18.3. The van der Waals surface area contributed by atoms with E-state index in [-0.39, 0.29) is 12.5 Å². The molecule has 0 unspecified atom stereocenters. The van der Waals surface area contributed by atoms with Gasteiger partial charge in [0.25, 0.3) is 0 Å². The van der Waals surface area contributed by atoms with Gasteiger partial charge in [0.15, 0.2) is 5.96 Å². The normalized spacial score (nSPS) is 12.1. The summed E-state index contributed by atoms with van der Waals surface area (Å²) in [5.41, 5.74) is 6.63. The Labute approximate surface area is 144 Å². The van der Waals surface area contributed by atoms with E-state index in [0.717, 1.165) is 29.9 Å². The number of ether oxygens (including phenoxy) is 1. The SMILES string of the molecule is COc1ccc(CCNC(N)=NCc2cccc(C(F)(F)F)c2)cc1. The van der Waals surface area contributed by atoms with E-state index in [1.54, 1.807) is 13.2 Å². The summed E-state index contributed by atoms with van der Waals surface area (Å²) in [5.74, 6) is 0.991. The highest BCUT2D eigenvalue weighted by Gasteiger charge is 2.30. The van der Waals surface area contributed by atoms with E-state index in [4.69, 9.17) is 10.5 Å². The first-order valence-corrected chi connectivity index (χ1v) is 7.71. The van der Waals surface area contributed by atoms with Gasteiger partial charge >= 0.3 is 6.18 Å². The van der Waals surface area contributed by atoms with Crippen LogP contribution in [0.2, 0.25) is 0 Å². The average Bonchev–Trinajstić information content (AvgIpc) is 2.60. The first-order valence-electron chi connectivity index (χ1n) is 7.71. The maximum absolute atomic E-state index is 12.7. The summed E-state index contributed by atoms with van der Waals surface area (Å²) in [6.07, 6.45) is -3.62. The summed E-state index contributed by atoms with van der Waals surface area (Å²) in [4.78, 5) is 4.07. The third-order valence-corrected chi connectivity index (χ3v) is 3.57. The molecule has 0 saturated heterocycles. The lowest BCUT2D eigenvalue weighted by Gasteiger charge is -2.08. The molecule has 0 aliphatic heterocycles. The van der Waals surface area contributed by atoms with Crippen molar-refractivity contribution in [2.75, 3.05) is 13.7 Å². The first kappa shape index (κ1) is 18.6. The van der Waals surface area contributed by atoms with Crippen LogP contribution in [0.25, 0.3) is 0 Å². The van der Waals surface area contributed by atoms with Crippen molar-refractivity contribution < 1.29 is 17.9 Å². The molecule has 0 bridgehead atoms. The van der Waals surface area contributed by atoms with Gasteiger partial charge in [-0.05, 0) is 41.8 Å². The minimum absolute atomic E-state index is 0.0886. The molecular weight excluding hydrogens is 331 g/mol. The second-order valence-corrected chi connectivity index (χ2v) is 5.42. The summed E-state index contributed by atoms with van der Waals surface area (Å²) >= 11 is 0. The molecule has 0 aliphatic carbocycles. The van der Waals surface area contributed by atoms with Gasteiger partial charge in [-0.15, -0.1) is 0 Å². The molecule has 3 N–H and O–H groups in total. The predicted molar refractivity (Wildman–Crippen MR) is 91.5 cm³/mol. The van der Waals surface area contributed by atoms with Crippen LogP contribution in [0.15, 0.2) is 53.5 Å². The van der Waals surface area contributed by atoms with Crippen molar-refractivity contribution in [2.45, 2.75) is 19.1 Å². The standard InChI is InChI=1S/C18H20F3N3O/c1-25-16-7-5-13(6-8-16)9-10-23-17(22)24-12-14-3-2-4-15(11-14)18(19,20)21/h2-8,11H,9-10,12H2,1H3,(H3,22,23,24). The number of hydrogen-bond donors (Lipinski definition) is 2. The number of nitrogens with one attached hydrogen (secondary N) is 1. The van der Waals surface area contributed by atoms with Crippen molar-refractivity contribution in [2.24, 2.45) is 10.7 Å². The van der Waals surface area contributed by atoms with Crippen LogP contribution in [0.3, 0.4) is 0 Å². The number of rotatable bonds is 6. The summed E-state index contributed by atoms with van der Waals surface area (Å²) in [7, 11) is 1.61. The van der Waals surface area contributed by atoms with Crippen molar-refractivity contribution >= 4 is 5.96 Å². The minimum Gasteiger partial charge on any atom is -0.497 e. The van der Waals surface area contributed by atoms with Crippen LogP contribution in [-0.4, -0.2) is 19.6 Å².